The smallest absolute Gasteiger partial charge is 0.0605 e. The Balaban J connectivity index is 2.42. The topological polar surface area (TPSA) is 9.23 Å². The SMILES string of the molecule is CCO[C@H]1CCCC[C@@H]1C(C)C. The average molecular weight is 170 g/mol. The molecule has 2 atom stereocenters. The fourth-order valence-corrected chi connectivity index (χ4v) is 2.31. The molecule has 0 aromatic carbocycles. The van der Waals surface area contributed by atoms with Crippen molar-refractivity contribution in [2.24, 2.45) is 11.8 Å². The summed E-state index contributed by atoms with van der Waals surface area (Å²) in [5.41, 5.74) is 0. The minimum atomic E-state index is 0.559. The van der Waals surface area contributed by atoms with Crippen LogP contribution in [-0.4, -0.2) is 12.7 Å². The Kier molecular flexibility index (Phi) is 4.07. The van der Waals surface area contributed by atoms with Crippen molar-refractivity contribution >= 4 is 0 Å². The van der Waals surface area contributed by atoms with Gasteiger partial charge in [0.25, 0.3) is 0 Å². The van der Waals surface area contributed by atoms with Crippen molar-refractivity contribution < 1.29 is 4.74 Å². The largest absolute Gasteiger partial charge is 0.378 e. The normalized spacial score (nSPS) is 31.0. The van der Waals surface area contributed by atoms with Crippen LogP contribution in [0.1, 0.15) is 46.5 Å². The van der Waals surface area contributed by atoms with E-state index >= 15 is 0 Å². The van der Waals surface area contributed by atoms with Crippen LogP contribution in [0.5, 0.6) is 0 Å². The maximum Gasteiger partial charge on any atom is 0.0605 e. The summed E-state index contributed by atoms with van der Waals surface area (Å²) >= 11 is 0. The van der Waals surface area contributed by atoms with Crippen molar-refractivity contribution in [2.75, 3.05) is 6.61 Å². The Hall–Kier alpha value is -0.0400. The zero-order valence-corrected chi connectivity index (χ0v) is 8.68. The summed E-state index contributed by atoms with van der Waals surface area (Å²) in [5.74, 6) is 1.61. The van der Waals surface area contributed by atoms with Crippen molar-refractivity contribution in [1.82, 2.24) is 0 Å². The van der Waals surface area contributed by atoms with Crippen LogP contribution in [0.4, 0.5) is 0 Å². The van der Waals surface area contributed by atoms with Crippen LogP contribution in [0, 0.1) is 11.8 Å². The van der Waals surface area contributed by atoms with Crippen molar-refractivity contribution in [3.63, 3.8) is 0 Å². The minimum absolute atomic E-state index is 0.559. The van der Waals surface area contributed by atoms with E-state index in [-0.39, 0.29) is 0 Å². The van der Waals surface area contributed by atoms with Gasteiger partial charge in [0.2, 0.25) is 0 Å². The zero-order chi connectivity index (χ0) is 8.97. The number of ether oxygens (including phenoxy) is 1. The van der Waals surface area contributed by atoms with Crippen LogP contribution >= 0.6 is 0 Å². The van der Waals surface area contributed by atoms with Crippen molar-refractivity contribution in [2.45, 2.75) is 52.6 Å². The molecule has 72 valence electrons. The molecule has 0 bridgehead atoms. The standard InChI is InChI=1S/C11H22O/c1-4-12-11-8-6-5-7-10(11)9(2)3/h9-11H,4-8H2,1-3H3/t10-,11+/m1/s1. The molecule has 0 radical (unpaired) electrons. The summed E-state index contributed by atoms with van der Waals surface area (Å²) < 4.78 is 5.76. The molecule has 1 saturated carbocycles. The molecule has 0 amide bonds. The first-order chi connectivity index (χ1) is 5.75. The predicted octanol–water partition coefficient (Wildman–Crippen LogP) is 3.24. The van der Waals surface area contributed by atoms with E-state index in [2.05, 4.69) is 20.8 Å². The molecule has 0 aromatic heterocycles. The first-order valence-electron chi connectivity index (χ1n) is 5.37. The Morgan fingerprint density at radius 1 is 1.25 bits per heavy atom. The molecular weight excluding hydrogens is 148 g/mol. The molecule has 0 N–H and O–H groups in total. The molecule has 0 saturated heterocycles. The van der Waals surface area contributed by atoms with Crippen LogP contribution in [-0.2, 0) is 4.74 Å². The first kappa shape index (κ1) is 10.0. The van der Waals surface area contributed by atoms with Gasteiger partial charge in [-0.05, 0) is 31.6 Å². The van der Waals surface area contributed by atoms with E-state index in [0.29, 0.717) is 6.10 Å². The van der Waals surface area contributed by atoms with Crippen LogP contribution in [0.15, 0.2) is 0 Å². The van der Waals surface area contributed by atoms with Gasteiger partial charge in [-0.2, -0.15) is 0 Å². The van der Waals surface area contributed by atoms with Crippen LogP contribution in [0.2, 0.25) is 0 Å². The lowest BCUT2D eigenvalue weighted by molar-refractivity contribution is -0.0197. The maximum absolute atomic E-state index is 5.76. The average Bonchev–Trinajstić information content (AvgIpc) is 2.05. The molecule has 1 rings (SSSR count). The molecule has 1 nitrogen and oxygen atoms in total. The lowest BCUT2D eigenvalue weighted by Crippen LogP contribution is -2.31. The van der Waals surface area contributed by atoms with E-state index < -0.39 is 0 Å². The third-order valence-electron chi connectivity index (χ3n) is 2.99. The van der Waals surface area contributed by atoms with Crippen molar-refractivity contribution in [3.8, 4) is 0 Å². The third-order valence-corrected chi connectivity index (χ3v) is 2.99. The highest BCUT2D eigenvalue weighted by Gasteiger charge is 2.27. The lowest BCUT2D eigenvalue weighted by Gasteiger charge is -2.33. The molecule has 1 aliphatic carbocycles. The quantitative estimate of drug-likeness (QED) is 0.632. The van der Waals surface area contributed by atoms with Gasteiger partial charge in [0.1, 0.15) is 0 Å². The van der Waals surface area contributed by atoms with Gasteiger partial charge in [-0.25, -0.2) is 0 Å². The first-order valence-corrected chi connectivity index (χ1v) is 5.37. The van der Waals surface area contributed by atoms with Gasteiger partial charge in [-0.3, -0.25) is 0 Å². The van der Waals surface area contributed by atoms with E-state index in [9.17, 15) is 0 Å². The Morgan fingerprint density at radius 2 is 1.92 bits per heavy atom. The van der Waals surface area contributed by atoms with E-state index in [1.54, 1.807) is 0 Å². The van der Waals surface area contributed by atoms with Crippen molar-refractivity contribution in [3.05, 3.63) is 0 Å². The second-order valence-corrected chi connectivity index (χ2v) is 4.19. The summed E-state index contributed by atoms with van der Waals surface area (Å²) in [4.78, 5) is 0. The van der Waals surface area contributed by atoms with Crippen LogP contribution in [0.25, 0.3) is 0 Å². The second-order valence-electron chi connectivity index (χ2n) is 4.19. The van der Waals surface area contributed by atoms with Gasteiger partial charge in [-0.1, -0.05) is 26.7 Å². The van der Waals surface area contributed by atoms with Gasteiger partial charge in [0.15, 0.2) is 0 Å². The molecule has 0 unspecified atom stereocenters. The molecular formula is C11H22O. The fraction of sp³-hybridized carbons (Fsp3) is 1.00. The number of rotatable bonds is 3. The van der Waals surface area contributed by atoms with Crippen molar-refractivity contribution in [1.29, 1.82) is 0 Å². The summed E-state index contributed by atoms with van der Waals surface area (Å²) in [7, 11) is 0. The molecule has 0 aromatic rings. The molecule has 12 heavy (non-hydrogen) atoms. The predicted molar refractivity (Wildman–Crippen MR) is 52.2 cm³/mol. The molecule has 0 aliphatic heterocycles. The highest BCUT2D eigenvalue weighted by molar-refractivity contribution is 4.77. The Morgan fingerprint density at radius 3 is 2.50 bits per heavy atom. The van der Waals surface area contributed by atoms with Gasteiger partial charge in [-0.15, -0.1) is 0 Å². The highest BCUT2D eigenvalue weighted by atomic mass is 16.5. The lowest BCUT2D eigenvalue weighted by atomic mass is 9.79. The van der Waals surface area contributed by atoms with Gasteiger partial charge >= 0.3 is 0 Å². The van der Waals surface area contributed by atoms with Crippen LogP contribution < -0.4 is 0 Å². The summed E-state index contributed by atoms with van der Waals surface area (Å²) in [6.07, 6.45) is 6.00. The number of hydrogen-bond acceptors (Lipinski definition) is 1. The maximum atomic E-state index is 5.76. The zero-order valence-electron chi connectivity index (χ0n) is 8.68. The number of hydrogen-bond donors (Lipinski definition) is 0. The molecule has 1 aliphatic rings. The minimum Gasteiger partial charge on any atom is -0.378 e. The van der Waals surface area contributed by atoms with Gasteiger partial charge in [0.05, 0.1) is 6.10 Å². The third kappa shape index (κ3) is 2.48. The van der Waals surface area contributed by atoms with Crippen LogP contribution in [0.3, 0.4) is 0 Å². The van der Waals surface area contributed by atoms with Gasteiger partial charge in [0, 0.05) is 6.61 Å². The molecule has 0 heterocycles. The molecule has 0 spiro atoms. The summed E-state index contributed by atoms with van der Waals surface area (Å²) in [6.45, 7) is 7.63. The van der Waals surface area contributed by atoms with E-state index in [4.69, 9.17) is 4.74 Å². The molecule has 1 heteroatoms. The highest BCUT2D eigenvalue weighted by Crippen LogP contribution is 2.31. The fourth-order valence-electron chi connectivity index (χ4n) is 2.31. The summed E-state index contributed by atoms with van der Waals surface area (Å²) in [5, 5.41) is 0. The Labute approximate surface area is 76.5 Å². The van der Waals surface area contributed by atoms with E-state index in [0.717, 1.165) is 18.4 Å². The summed E-state index contributed by atoms with van der Waals surface area (Å²) in [6, 6.07) is 0. The van der Waals surface area contributed by atoms with Gasteiger partial charge < -0.3 is 4.74 Å². The monoisotopic (exact) mass is 170 g/mol. The molecule has 1 fully saturated rings. The second kappa shape index (κ2) is 4.86. The van der Waals surface area contributed by atoms with E-state index in [1.807, 2.05) is 0 Å². The Bertz CT molecular complexity index is 118. The van der Waals surface area contributed by atoms with E-state index in [1.165, 1.54) is 25.7 Å².